The van der Waals surface area contributed by atoms with E-state index < -0.39 is 6.10 Å². The monoisotopic (exact) mass is 184 g/mol. The summed E-state index contributed by atoms with van der Waals surface area (Å²) in [6.45, 7) is 1.96. The van der Waals surface area contributed by atoms with Gasteiger partial charge in [0, 0.05) is 6.42 Å². The molecule has 1 saturated heterocycles. The van der Waals surface area contributed by atoms with Crippen molar-refractivity contribution >= 4 is 5.97 Å². The van der Waals surface area contributed by atoms with Gasteiger partial charge in [0.25, 0.3) is 0 Å². The molecule has 1 aliphatic heterocycles. The summed E-state index contributed by atoms with van der Waals surface area (Å²) in [4.78, 5) is 10.9. The van der Waals surface area contributed by atoms with Gasteiger partial charge in [-0.25, -0.2) is 0 Å². The molecule has 0 radical (unpaired) electrons. The van der Waals surface area contributed by atoms with E-state index in [0.717, 1.165) is 12.8 Å². The van der Waals surface area contributed by atoms with Gasteiger partial charge in [-0.1, -0.05) is 12.2 Å². The van der Waals surface area contributed by atoms with E-state index in [0.29, 0.717) is 6.42 Å². The maximum atomic E-state index is 10.9. The van der Waals surface area contributed by atoms with Gasteiger partial charge in [0.2, 0.25) is 0 Å². The summed E-state index contributed by atoms with van der Waals surface area (Å²) < 4.78 is 5.07. The molecule has 3 nitrogen and oxygen atoms in total. The highest BCUT2D eigenvalue weighted by Gasteiger charge is 2.26. The lowest BCUT2D eigenvalue weighted by Crippen LogP contribution is -2.32. The number of esters is 1. The Morgan fingerprint density at radius 2 is 2.46 bits per heavy atom. The lowest BCUT2D eigenvalue weighted by molar-refractivity contribution is -0.160. The van der Waals surface area contributed by atoms with E-state index in [-0.39, 0.29) is 18.5 Å². The molecule has 0 aromatic rings. The highest BCUT2D eigenvalue weighted by molar-refractivity contribution is 5.70. The molecular formula is C10H16O3. The molecule has 1 N–H and O–H groups in total. The molecule has 0 amide bonds. The van der Waals surface area contributed by atoms with Crippen molar-refractivity contribution in [1.29, 1.82) is 0 Å². The van der Waals surface area contributed by atoms with E-state index in [4.69, 9.17) is 4.74 Å². The van der Waals surface area contributed by atoms with Crippen LogP contribution in [0.4, 0.5) is 0 Å². The van der Waals surface area contributed by atoms with Crippen LogP contribution in [0.1, 0.15) is 32.6 Å². The molecule has 1 aliphatic rings. The Balaban J connectivity index is 2.28. The zero-order valence-electron chi connectivity index (χ0n) is 7.90. The third-order valence-corrected chi connectivity index (χ3v) is 2.13. The fourth-order valence-electron chi connectivity index (χ4n) is 1.49. The van der Waals surface area contributed by atoms with Crippen molar-refractivity contribution in [3.63, 3.8) is 0 Å². The van der Waals surface area contributed by atoms with E-state index >= 15 is 0 Å². The topological polar surface area (TPSA) is 46.5 Å². The summed E-state index contributed by atoms with van der Waals surface area (Å²) in [6, 6.07) is 0. The number of ether oxygens (including phenoxy) is 1. The van der Waals surface area contributed by atoms with Crippen LogP contribution in [-0.2, 0) is 9.53 Å². The van der Waals surface area contributed by atoms with Crippen molar-refractivity contribution in [2.75, 3.05) is 0 Å². The van der Waals surface area contributed by atoms with Gasteiger partial charge in [0.05, 0.1) is 12.5 Å². The van der Waals surface area contributed by atoms with Crippen LogP contribution in [0.2, 0.25) is 0 Å². The molecule has 1 rings (SSSR count). The zero-order valence-corrected chi connectivity index (χ0v) is 7.90. The van der Waals surface area contributed by atoms with Gasteiger partial charge in [-0.05, 0) is 19.8 Å². The number of cyclic esters (lactones) is 1. The average Bonchev–Trinajstić information content (AvgIpc) is 2.03. The molecule has 1 heterocycles. The molecule has 0 saturated carbocycles. The van der Waals surface area contributed by atoms with Gasteiger partial charge in [-0.15, -0.1) is 0 Å². The number of allylic oxidation sites excluding steroid dienone is 2. The summed E-state index contributed by atoms with van der Waals surface area (Å²) >= 11 is 0. The van der Waals surface area contributed by atoms with Gasteiger partial charge in [0.15, 0.2) is 0 Å². The quantitative estimate of drug-likeness (QED) is 0.533. The highest BCUT2D eigenvalue weighted by atomic mass is 16.5. The van der Waals surface area contributed by atoms with Crippen molar-refractivity contribution in [1.82, 2.24) is 0 Å². The molecular weight excluding hydrogens is 168 g/mol. The number of hydrogen-bond acceptors (Lipinski definition) is 3. The lowest BCUT2D eigenvalue weighted by atomic mass is 10.0. The van der Waals surface area contributed by atoms with Crippen LogP contribution in [-0.4, -0.2) is 23.3 Å². The summed E-state index contributed by atoms with van der Waals surface area (Å²) in [6.07, 6.45) is 5.87. The second-order valence-electron chi connectivity index (χ2n) is 3.35. The summed E-state index contributed by atoms with van der Waals surface area (Å²) in [5.41, 5.74) is 0. The number of aliphatic hydroxyl groups is 1. The van der Waals surface area contributed by atoms with Crippen LogP contribution in [0.15, 0.2) is 12.2 Å². The Morgan fingerprint density at radius 3 is 3.08 bits per heavy atom. The van der Waals surface area contributed by atoms with Gasteiger partial charge in [-0.2, -0.15) is 0 Å². The Bertz CT molecular complexity index is 198. The predicted octanol–water partition coefficient (Wildman–Crippen LogP) is 1.41. The van der Waals surface area contributed by atoms with Gasteiger partial charge in [0.1, 0.15) is 6.10 Å². The largest absolute Gasteiger partial charge is 0.462 e. The molecule has 0 aromatic carbocycles. The zero-order chi connectivity index (χ0) is 9.68. The van der Waals surface area contributed by atoms with Crippen LogP contribution in [0.5, 0.6) is 0 Å². The minimum Gasteiger partial charge on any atom is -0.462 e. The molecule has 3 heteroatoms. The molecule has 0 bridgehead atoms. The maximum Gasteiger partial charge on any atom is 0.308 e. The van der Waals surface area contributed by atoms with E-state index in [1.54, 1.807) is 0 Å². The van der Waals surface area contributed by atoms with Gasteiger partial charge in [-0.3, -0.25) is 4.79 Å². The first-order valence-corrected chi connectivity index (χ1v) is 4.71. The Morgan fingerprint density at radius 1 is 1.69 bits per heavy atom. The first kappa shape index (κ1) is 10.3. The summed E-state index contributed by atoms with van der Waals surface area (Å²) in [5.74, 6) is -0.274. The Hall–Kier alpha value is -0.830. The van der Waals surface area contributed by atoms with Crippen LogP contribution in [0, 0.1) is 0 Å². The molecule has 0 aliphatic carbocycles. The van der Waals surface area contributed by atoms with Gasteiger partial charge < -0.3 is 9.84 Å². The molecule has 74 valence electrons. The summed E-state index contributed by atoms with van der Waals surface area (Å²) in [5, 5.41) is 9.29. The molecule has 1 fully saturated rings. The lowest BCUT2D eigenvalue weighted by Gasteiger charge is -2.25. The van der Waals surface area contributed by atoms with Crippen LogP contribution in [0.25, 0.3) is 0 Å². The first-order chi connectivity index (χ1) is 6.22. The van der Waals surface area contributed by atoms with Crippen LogP contribution in [0.3, 0.4) is 0 Å². The Labute approximate surface area is 78.4 Å². The van der Waals surface area contributed by atoms with Gasteiger partial charge >= 0.3 is 5.97 Å². The summed E-state index contributed by atoms with van der Waals surface area (Å²) in [7, 11) is 0. The average molecular weight is 184 g/mol. The number of hydrogen-bond donors (Lipinski definition) is 1. The van der Waals surface area contributed by atoms with E-state index in [2.05, 4.69) is 0 Å². The predicted molar refractivity (Wildman–Crippen MR) is 49.2 cm³/mol. The fraction of sp³-hybridized carbons (Fsp3) is 0.700. The fourth-order valence-corrected chi connectivity index (χ4v) is 1.49. The normalized spacial score (nSPS) is 29.2. The van der Waals surface area contributed by atoms with E-state index in [1.807, 2.05) is 19.1 Å². The van der Waals surface area contributed by atoms with Crippen LogP contribution >= 0.6 is 0 Å². The maximum absolute atomic E-state index is 10.9. The smallest absolute Gasteiger partial charge is 0.308 e. The number of carbonyl (C=O) groups is 1. The van der Waals surface area contributed by atoms with Crippen molar-refractivity contribution in [3.05, 3.63) is 12.2 Å². The SMILES string of the molecule is C/C=C/CC[C@@H]1C[C@@H](O)CC(=O)O1. The Kier molecular flexibility index (Phi) is 3.96. The second kappa shape index (κ2) is 5.02. The first-order valence-electron chi connectivity index (χ1n) is 4.71. The molecule has 0 spiro atoms. The molecule has 0 aromatic heterocycles. The third kappa shape index (κ3) is 3.59. The van der Waals surface area contributed by atoms with Crippen molar-refractivity contribution in [3.8, 4) is 0 Å². The number of aliphatic hydroxyl groups excluding tert-OH is 1. The molecule has 13 heavy (non-hydrogen) atoms. The van der Waals surface area contributed by atoms with Crippen molar-refractivity contribution in [2.24, 2.45) is 0 Å². The standard InChI is InChI=1S/C10H16O3/c1-2-3-4-5-9-6-8(11)7-10(12)13-9/h2-3,8-9,11H,4-7H2,1H3/b3-2+/t8-,9-/m1/s1. The minimum absolute atomic E-state index is 0.0903. The van der Waals surface area contributed by atoms with E-state index in [1.165, 1.54) is 0 Å². The van der Waals surface area contributed by atoms with Crippen molar-refractivity contribution < 1.29 is 14.6 Å². The third-order valence-electron chi connectivity index (χ3n) is 2.13. The van der Waals surface area contributed by atoms with E-state index in [9.17, 15) is 9.90 Å². The highest BCUT2D eigenvalue weighted by Crippen LogP contribution is 2.18. The number of rotatable bonds is 3. The molecule has 0 unspecified atom stereocenters. The second-order valence-corrected chi connectivity index (χ2v) is 3.35. The van der Waals surface area contributed by atoms with Crippen LogP contribution < -0.4 is 0 Å². The molecule has 2 atom stereocenters. The number of carbonyl (C=O) groups excluding carboxylic acids is 1. The van der Waals surface area contributed by atoms with Crippen molar-refractivity contribution in [2.45, 2.75) is 44.8 Å². The minimum atomic E-state index is -0.503.